The average Bonchev–Trinajstić information content (AvgIpc) is 3.55. The van der Waals surface area contributed by atoms with E-state index in [1.165, 1.54) is 20.5 Å². The topological polar surface area (TPSA) is 111 Å². The van der Waals surface area contributed by atoms with Crippen molar-refractivity contribution in [1.82, 2.24) is 14.5 Å². The molecule has 1 aliphatic rings. The molecular weight excluding hydrogens is 468 g/mol. The van der Waals surface area contributed by atoms with Crippen LogP contribution in [0.15, 0.2) is 51.4 Å². The second-order valence-electron chi connectivity index (χ2n) is 8.62. The van der Waals surface area contributed by atoms with Crippen molar-refractivity contribution < 1.29 is 14.3 Å². The van der Waals surface area contributed by atoms with Gasteiger partial charge in [-0.15, -0.1) is 11.3 Å². The Morgan fingerprint density at radius 3 is 2.63 bits per heavy atom. The summed E-state index contributed by atoms with van der Waals surface area (Å²) in [6.45, 7) is 1.21. The van der Waals surface area contributed by atoms with E-state index in [0.29, 0.717) is 49.1 Å². The predicted octanol–water partition coefficient (Wildman–Crippen LogP) is 2.72. The molecule has 0 radical (unpaired) electrons. The first-order chi connectivity index (χ1) is 17.0. The van der Waals surface area contributed by atoms with Gasteiger partial charge in [0.25, 0.3) is 5.56 Å². The maximum absolute atomic E-state index is 13.1. The molecule has 1 saturated heterocycles. The maximum Gasteiger partial charge on any atom is 0.332 e. The molecule has 3 aromatic rings. The highest BCUT2D eigenvalue weighted by molar-refractivity contribution is 7.17. The monoisotopic (exact) mass is 498 g/mol. The Labute approximate surface area is 206 Å². The Balaban J connectivity index is 1.34. The standard InChI is InChI=1S/C25H30N4O5S/c30-21(27-18-8-3-1-4-9-18)11-5-2-6-13-28-24(32)23-20(12-15-35-23)29(25(28)33)17-22(31)26-16-19-10-7-14-34-19/h1,3-4,8-9,12,15,19H,2,5-7,10-11,13-14,16-17H2,(H,26,31)(H,27,30)/t19-/m0/s1. The number of nitrogens with one attached hydrogen (secondary N) is 2. The van der Waals surface area contributed by atoms with Gasteiger partial charge in [-0.25, -0.2) is 4.79 Å². The van der Waals surface area contributed by atoms with Crippen molar-refractivity contribution in [3.8, 4) is 0 Å². The van der Waals surface area contributed by atoms with Crippen LogP contribution in [0.25, 0.3) is 10.2 Å². The van der Waals surface area contributed by atoms with Crippen molar-refractivity contribution >= 4 is 39.1 Å². The molecule has 0 unspecified atom stereocenters. The van der Waals surface area contributed by atoms with Gasteiger partial charge < -0.3 is 15.4 Å². The van der Waals surface area contributed by atoms with Gasteiger partial charge in [-0.3, -0.25) is 23.5 Å². The molecule has 186 valence electrons. The minimum Gasteiger partial charge on any atom is -0.376 e. The number of carbonyl (C=O) groups is 2. The smallest absolute Gasteiger partial charge is 0.332 e. The summed E-state index contributed by atoms with van der Waals surface area (Å²) < 4.78 is 8.55. The lowest BCUT2D eigenvalue weighted by atomic mass is 10.2. The van der Waals surface area contributed by atoms with Crippen LogP contribution in [0.4, 0.5) is 5.69 Å². The Bertz CT molecular complexity index is 1270. The van der Waals surface area contributed by atoms with Crippen LogP contribution in [0.5, 0.6) is 0 Å². The molecule has 4 rings (SSSR count). The number of thiophene rings is 1. The summed E-state index contributed by atoms with van der Waals surface area (Å²) in [5, 5.41) is 7.43. The first-order valence-electron chi connectivity index (χ1n) is 12.0. The summed E-state index contributed by atoms with van der Waals surface area (Å²) in [6.07, 6.45) is 4.19. The van der Waals surface area contributed by atoms with E-state index in [1.807, 2.05) is 30.3 Å². The Morgan fingerprint density at radius 2 is 1.86 bits per heavy atom. The largest absolute Gasteiger partial charge is 0.376 e. The number of amides is 2. The van der Waals surface area contributed by atoms with E-state index in [-0.39, 0.29) is 36.6 Å². The van der Waals surface area contributed by atoms with Crippen LogP contribution >= 0.6 is 11.3 Å². The lowest BCUT2D eigenvalue weighted by Crippen LogP contribution is -2.43. The first kappa shape index (κ1) is 24.9. The number of ether oxygens (including phenoxy) is 1. The number of hydrogen-bond donors (Lipinski definition) is 2. The Hall–Kier alpha value is -3.24. The molecule has 3 heterocycles. The van der Waals surface area contributed by atoms with Crippen LogP contribution in [-0.2, 0) is 27.4 Å². The molecule has 0 aliphatic carbocycles. The van der Waals surface area contributed by atoms with Gasteiger partial charge >= 0.3 is 5.69 Å². The summed E-state index contributed by atoms with van der Waals surface area (Å²) in [4.78, 5) is 50.7. The third-order valence-electron chi connectivity index (χ3n) is 6.03. The normalized spacial score (nSPS) is 15.4. The van der Waals surface area contributed by atoms with Crippen molar-refractivity contribution in [2.45, 2.75) is 57.7 Å². The molecule has 0 bridgehead atoms. The molecule has 1 aliphatic heterocycles. The van der Waals surface area contributed by atoms with Crippen LogP contribution in [0.2, 0.25) is 0 Å². The van der Waals surface area contributed by atoms with Crippen molar-refractivity contribution in [3.63, 3.8) is 0 Å². The molecule has 35 heavy (non-hydrogen) atoms. The number of nitrogens with zero attached hydrogens (tertiary/aromatic N) is 2. The van der Waals surface area contributed by atoms with Crippen LogP contribution in [0, 0.1) is 0 Å². The fourth-order valence-electron chi connectivity index (χ4n) is 4.19. The van der Waals surface area contributed by atoms with Gasteiger partial charge in [0.1, 0.15) is 11.2 Å². The lowest BCUT2D eigenvalue weighted by molar-refractivity contribution is -0.122. The van der Waals surface area contributed by atoms with E-state index >= 15 is 0 Å². The number of carbonyl (C=O) groups excluding carboxylic acids is 2. The highest BCUT2D eigenvalue weighted by atomic mass is 32.1. The molecular formula is C25H30N4O5S. The fourth-order valence-corrected chi connectivity index (χ4v) is 5.04. The minimum absolute atomic E-state index is 0.0144. The molecule has 1 atom stereocenters. The van der Waals surface area contributed by atoms with Crippen molar-refractivity contribution in [2.75, 3.05) is 18.5 Å². The van der Waals surface area contributed by atoms with Crippen LogP contribution < -0.4 is 21.9 Å². The van der Waals surface area contributed by atoms with E-state index in [4.69, 9.17) is 4.74 Å². The summed E-state index contributed by atoms with van der Waals surface area (Å²) in [5.41, 5.74) is 0.410. The number of hydrogen-bond acceptors (Lipinski definition) is 6. The van der Waals surface area contributed by atoms with E-state index in [2.05, 4.69) is 10.6 Å². The highest BCUT2D eigenvalue weighted by Gasteiger charge is 2.19. The summed E-state index contributed by atoms with van der Waals surface area (Å²) in [7, 11) is 0. The fraction of sp³-hybridized carbons (Fsp3) is 0.440. The molecule has 0 saturated carbocycles. The van der Waals surface area contributed by atoms with E-state index in [1.54, 1.807) is 11.4 Å². The zero-order valence-electron chi connectivity index (χ0n) is 19.5. The zero-order valence-corrected chi connectivity index (χ0v) is 20.4. The molecule has 9 nitrogen and oxygen atoms in total. The van der Waals surface area contributed by atoms with Crippen LogP contribution in [-0.4, -0.2) is 40.2 Å². The summed E-state index contributed by atoms with van der Waals surface area (Å²) in [5.74, 6) is -0.352. The van der Waals surface area contributed by atoms with Gasteiger partial charge in [-0.1, -0.05) is 24.6 Å². The third-order valence-corrected chi connectivity index (χ3v) is 6.92. The van der Waals surface area contributed by atoms with Crippen molar-refractivity contribution in [2.24, 2.45) is 0 Å². The first-order valence-corrected chi connectivity index (χ1v) is 12.8. The van der Waals surface area contributed by atoms with Gasteiger partial charge in [-0.05, 0) is 49.3 Å². The molecule has 1 fully saturated rings. The van der Waals surface area contributed by atoms with Gasteiger partial charge in [0, 0.05) is 31.8 Å². The predicted molar refractivity (Wildman–Crippen MR) is 136 cm³/mol. The van der Waals surface area contributed by atoms with Gasteiger partial charge in [-0.2, -0.15) is 0 Å². The molecule has 2 N–H and O–H groups in total. The van der Waals surface area contributed by atoms with Crippen LogP contribution in [0.1, 0.15) is 38.5 Å². The lowest BCUT2D eigenvalue weighted by Gasteiger charge is -2.14. The molecule has 0 spiro atoms. The highest BCUT2D eigenvalue weighted by Crippen LogP contribution is 2.16. The van der Waals surface area contributed by atoms with E-state index in [0.717, 1.165) is 18.5 Å². The van der Waals surface area contributed by atoms with Gasteiger partial charge in [0.15, 0.2) is 0 Å². The summed E-state index contributed by atoms with van der Waals surface area (Å²) >= 11 is 1.26. The summed E-state index contributed by atoms with van der Waals surface area (Å²) in [6, 6.07) is 11.0. The second-order valence-corrected chi connectivity index (χ2v) is 9.54. The van der Waals surface area contributed by atoms with Gasteiger partial charge in [0.05, 0.1) is 11.6 Å². The number of anilines is 1. The number of rotatable bonds is 11. The Morgan fingerprint density at radius 1 is 1.03 bits per heavy atom. The minimum atomic E-state index is -0.491. The second kappa shape index (κ2) is 11.9. The third kappa shape index (κ3) is 6.46. The van der Waals surface area contributed by atoms with E-state index in [9.17, 15) is 19.2 Å². The number of unbranched alkanes of at least 4 members (excludes halogenated alkanes) is 2. The maximum atomic E-state index is 13.1. The molecule has 2 aromatic heterocycles. The number of aromatic nitrogens is 2. The Kier molecular flexibility index (Phi) is 8.49. The number of para-hydroxylation sites is 1. The van der Waals surface area contributed by atoms with E-state index < -0.39 is 5.69 Å². The zero-order chi connectivity index (χ0) is 24.6. The van der Waals surface area contributed by atoms with Crippen molar-refractivity contribution in [3.05, 3.63) is 62.6 Å². The quantitative estimate of drug-likeness (QED) is 0.395. The molecule has 10 heteroatoms. The number of benzene rings is 1. The van der Waals surface area contributed by atoms with Gasteiger partial charge in [0.2, 0.25) is 11.8 Å². The van der Waals surface area contributed by atoms with Crippen molar-refractivity contribution in [1.29, 1.82) is 0 Å². The SMILES string of the molecule is O=C(Cn1c(=O)n(CCCCCC(=O)Nc2ccccc2)c(=O)c2sccc21)NC[C@@H]1CCCO1. The molecule has 2 amide bonds. The average molecular weight is 499 g/mol. The molecule has 1 aromatic carbocycles. The van der Waals surface area contributed by atoms with Crippen LogP contribution in [0.3, 0.4) is 0 Å². The number of fused-ring (bicyclic) bond motifs is 1.